The van der Waals surface area contributed by atoms with E-state index >= 15 is 0 Å². The molecule has 0 fully saturated rings. The van der Waals surface area contributed by atoms with Gasteiger partial charge in [0.15, 0.2) is 5.71 Å². The van der Waals surface area contributed by atoms with Gasteiger partial charge in [0.25, 0.3) is 0 Å². The largest absolute Gasteiger partial charge is 0.491 e. The highest BCUT2D eigenvalue weighted by Gasteiger charge is 2.43. The first kappa shape index (κ1) is 17.6. The minimum atomic E-state index is -5.20. The highest BCUT2D eigenvalue weighted by molar-refractivity contribution is 6.48. The summed E-state index contributed by atoms with van der Waals surface area (Å²) < 4.78 is 47.2. The predicted octanol–water partition coefficient (Wildman–Crippen LogP) is 1.86. The van der Waals surface area contributed by atoms with Crippen molar-refractivity contribution in [3.05, 3.63) is 47.2 Å². The summed E-state index contributed by atoms with van der Waals surface area (Å²) in [5.74, 6) is -3.79. The molecule has 0 aromatic carbocycles. The van der Waals surface area contributed by atoms with E-state index in [0.717, 1.165) is 0 Å². The lowest BCUT2D eigenvalue weighted by molar-refractivity contribution is -0.196. The van der Waals surface area contributed by atoms with Crippen LogP contribution in [0.2, 0.25) is 0 Å². The van der Waals surface area contributed by atoms with Crippen LogP contribution in [0.4, 0.5) is 13.2 Å². The zero-order valence-corrected chi connectivity index (χ0v) is 13.4. The monoisotopic (exact) mass is 367 g/mol. The number of fused-ring (bicyclic) bond motifs is 3. The van der Waals surface area contributed by atoms with Crippen LogP contribution >= 0.6 is 0 Å². The van der Waals surface area contributed by atoms with Crippen LogP contribution in [0, 0.1) is 0 Å². The second-order valence-electron chi connectivity index (χ2n) is 5.20. The van der Waals surface area contributed by atoms with Crippen molar-refractivity contribution in [2.45, 2.75) is 19.6 Å². The Kier molecular flexibility index (Phi) is 4.49. The predicted molar refractivity (Wildman–Crippen MR) is 82.3 cm³/mol. The molecule has 1 aromatic rings. The number of pyridine rings is 1. The lowest BCUT2D eigenvalue weighted by atomic mass is 9.99. The maximum atomic E-state index is 12.6. The van der Waals surface area contributed by atoms with Crippen LogP contribution in [0.15, 0.2) is 41.0 Å². The number of nitrogens with one attached hydrogen (secondary N) is 1. The number of hydrogen-bond donors (Lipinski definition) is 1. The van der Waals surface area contributed by atoms with Gasteiger partial charge < -0.3 is 14.8 Å². The standard InChI is InChI=1S/C16H12F3N3O4/c1-2-25-14(23)12-10-9(7-21-12)11-8(4-3-5-20-11)6-22-13(10)26-15(24)16(17,18)19/h3-5,7,22H,2,6H2,1H3. The van der Waals surface area contributed by atoms with E-state index < -0.39 is 24.0 Å². The van der Waals surface area contributed by atoms with Crippen LogP contribution in [0.3, 0.4) is 0 Å². The average molecular weight is 367 g/mol. The molecule has 0 amide bonds. The minimum Gasteiger partial charge on any atom is -0.461 e. The number of aliphatic imine (C=N–C) groups is 1. The molecule has 10 heteroatoms. The van der Waals surface area contributed by atoms with Gasteiger partial charge in [-0.1, -0.05) is 6.07 Å². The maximum Gasteiger partial charge on any atom is 0.491 e. The number of carbonyl (C=O) groups is 2. The summed E-state index contributed by atoms with van der Waals surface area (Å²) in [7, 11) is 0. The van der Waals surface area contributed by atoms with Gasteiger partial charge in [0.2, 0.25) is 5.88 Å². The number of allylic oxidation sites excluding steroid dienone is 1. The van der Waals surface area contributed by atoms with Crippen molar-refractivity contribution in [1.29, 1.82) is 0 Å². The molecule has 0 saturated heterocycles. The van der Waals surface area contributed by atoms with Gasteiger partial charge in [-0.3, -0.25) is 4.98 Å². The van der Waals surface area contributed by atoms with E-state index in [9.17, 15) is 22.8 Å². The Hall–Kier alpha value is -3.17. The topological polar surface area (TPSA) is 89.9 Å². The fourth-order valence-electron chi connectivity index (χ4n) is 2.47. The van der Waals surface area contributed by atoms with Crippen LogP contribution in [-0.4, -0.2) is 35.4 Å². The molecular weight excluding hydrogens is 355 g/mol. The fraction of sp³-hybridized carbons (Fsp3) is 0.250. The highest BCUT2D eigenvalue weighted by Crippen LogP contribution is 2.35. The number of hydrogen-bond acceptors (Lipinski definition) is 7. The molecule has 7 nitrogen and oxygen atoms in total. The summed E-state index contributed by atoms with van der Waals surface area (Å²) in [4.78, 5) is 31.5. The molecule has 136 valence electrons. The Bertz CT molecular complexity index is 872. The molecule has 3 heterocycles. The average Bonchev–Trinajstić information content (AvgIpc) is 2.96. The van der Waals surface area contributed by atoms with Gasteiger partial charge in [0.1, 0.15) is 0 Å². The Balaban J connectivity index is 2.08. The Labute approximate surface area is 145 Å². The third-order valence-corrected chi connectivity index (χ3v) is 3.54. The molecule has 0 bridgehead atoms. The second kappa shape index (κ2) is 6.62. The van der Waals surface area contributed by atoms with Gasteiger partial charge in [0, 0.05) is 24.5 Å². The molecule has 0 aliphatic carbocycles. The van der Waals surface area contributed by atoms with Gasteiger partial charge in [-0.2, -0.15) is 13.2 Å². The zero-order valence-electron chi connectivity index (χ0n) is 13.4. The van der Waals surface area contributed by atoms with Gasteiger partial charge in [-0.05, 0) is 18.6 Å². The van der Waals surface area contributed by atoms with Crippen molar-refractivity contribution in [1.82, 2.24) is 10.3 Å². The molecule has 2 aliphatic heterocycles. The quantitative estimate of drug-likeness (QED) is 0.821. The van der Waals surface area contributed by atoms with Crippen LogP contribution in [-0.2, 0) is 25.6 Å². The Morgan fingerprint density at radius 1 is 1.35 bits per heavy atom. The van der Waals surface area contributed by atoms with Gasteiger partial charge in [-0.25, -0.2) is 14.6 Å². The van der Waals surface area contributed by atoms with Crippen molar-refractivity contribution in [2.75, 3.05) is 6.61 Å². The van der Waals surface area contributed by atoms with Crippen LogP contribution < -0.4 is 5.32 Å². The summed E-state index contributed by atoms with van der Waals surface area (Å²) in [5.41, 5.74) is 0.945. The highest BCUT2D eigenvalue weighted by atomic mass is 19.4. The third-order valence-electron chi connectivity index (χ3n) is 3.54. The van der Waals surface area contributed by atoms with Crippen molar-refractivity contribution >= 4 is 23.2 Å². The first-order valence-corrected chi connectivity index (χ1v) is 7.50. The summed E-state index contributed by atoms with van der Waals surface area (Å²) in [6.07, 6.45) is -2.43. The maximum absolute atomic E-state index is 12.6. The lowest BCUT2D eigenvalue weighted by Crippen LogP contribution is -2.30. The third kappa shape index (κ3) is 3.17. The zero-order chi connectivity index (χ0) is 18.9. The molecule has 0 spiro atoms. The first-order chi connectivity index (χ1) is 12.3. The summed E-state index contributed by atoms with van der Waals surface area (Å²) in [5, 5.41) is 2.61. The second-order valence-corrected chi connectivity index (χ2v) is 5.20. The van der Waals surface area contributed by atoms with Gasteiger partial charge in [0.05, 0.1) is 17.9 Å². The lowest BCUT2D eigenvalue weighted by Gasteiger charge is -2.14. The SMILES string of the molecule is CCOC(=O)C1=NC=C2C1=C(OC(=O)C(F)(F)F)NCc1cccnc12. The summed E-state index contributed by atoms with van der Waals surface area (Å²) in [6, 6.07) is 3.35. The van der Waals surface area contributed by atoms with E-state index in [1.165, 1.54) is 12.4 Å². The number of rotatable bonds is 3. The molecule has 1 N–H and O–H groups in total. The number of nitrogens with zero attached hydrogens (tertiary/aromatic N) is 2. The molecule has 0 saturated carbocycles. The molecule has 0 unspecified atom stereocenters. The number of halogens is 3. The van der Waals surface area contributed by atoms with Gasteiger partial charge >= 0.3 is 18.1 Å². The van der Waals surface area contributed by atoms with Crippen LogP contribution in [0.5, 0.6) is 0 Å². The van der Waals surface area contributed by atoms with E-state index in [4.69, 9.17) is 4.74 Å². The minimum absolute atomic E-state index is 0.0421. The molecule has 0 atom stereocenters. The number of esters is 2. The number of carbonyl (C=O) groups excluding carboxylic acids is 2. The molecule has 2 aliphatic rings. The van der Waals surface area contributed by atoms with Crippen molar-refractivity contribution < 1.29 is 32.2 Å². The van der Waals surface area contributed by atoms with E-state index in [1.54, 1.807) is 19.1 Å². The van der Waals surface area contributed by atoms with E-state index in [2.05, 4.69) is 20.0 Å². The van der Waals surface area contributed by atoms with E-state index in [1.807, 2.05) is 0 Å². The first-order valence-electron chi connectivity index (χ1n) is 7.50. The molecule has 26 heavy (non-hydrogen) atoms. The number of ether oxygens (including phenoxy) is 2. The molecular formula is C16H12F3N3O4. The number of alkyl halides is 3. The Morgan fingerprint density at radius 3 is 2.81 bits per heavy atom. The Morgan fingerprint density at radius 2 is 2.12 bits per heavy atom. The fourth-order valence-corrected chi connectivity index (χ4v) is 2.47. The summed E-state index contributed by atoms with van der Waals surface area (Å²) >= 11 is 0. The van der Waals surface area contributed by atoms with Crippen LogP contribution in [0.1, 0.15) is 18.2 Å². The molecule has 1 aromatic heterocycles. The van der Waals surface area contributed by atoms with E-state index in [0.29, 0.717) is 11.3 Å². The summed E-state index contributed by atoms with van der Waals surface area (Å²) in [6.45, 7) is 1.66. The van der Waals surface area contributed by atoms with Crippen molar-refractivity contribution in [3.8, 4) is 0 Å². The smallest absolute Gasteiger partial charge is 0.461 e. The van der Waals surface area contributed by atoms with Crippen LogP contribution in [0.25, 0.3) is 5.57 Å². The molecule has 0 radical (unpaired) electrons. The van der Waals surface area contributed by atoms with Crippen molar-refractivity contribution in [3.63, 3.8) is 0 Å². The van der Waals surface area contributed by atoms with Crippen molar-refractivity contribution in [2.24, 2.45) is 4.99 Å². The number of aromatic nitrogens is 1. The molecule has 3 rings (SSSR count). The van der Waals surface area contributed by atoms with Gasteiger partial charge in [-0.15, -0.1) is 0 Å². The van der Waals surface area contributed by atoms with E-state index in [-0.39, 0.29) is 30.0 Å². The normalized spacial score (nSPS) is 15.8.